The second-order valence-corrected chi connectivity index (χ2v) is 8.32. The molecule has 5 nitrogen and oxygen atoms in total. The zero-order valence-electron chi connectivity index (χ0n) is 18.7. The number of benzene rings is 2. The molecule has 1 aliphatic heterocycles. The number of amides is 1. The number of hydrogen-bond acceptors (Lipinski definition) is 4. The molecule has 3 aromatic rings. The first-order chi connectivity index (χ1) is 15.6. The SMILES string of the molecule is Cc1ccc(-c2ccc(C=CC(=O)Nc3ccc(CN(C)C4CCCCO4)cc3)o2)cc1. The number of rotatable bonds is 7. The lowest BCUT2D eigenvalue weighted by atomic mass is 10.1. The molecule has 166 valence electrons. The van der Waals surface area contributed by atoms with Crippen LogP contribution in [-0.4, -0.2) is 30.7 Å². The predicted octanol–water partition coefficient (Wildman–Crippen LogP) is 5.87. The smallest absolute Gasteiger partial charge is 0.248 e. The highest BCUT2D eigenvalue weighted by molar-refractivity contribution is 6.01. The molecule has 1 N–H and O–H groups in total. The highest BCUT2D eigenvalue weighted by atomic mass is 16.5. The maximum atomic E-state index is 12.3. The molecule has 0 saturated carbocycles. The Morgan fingerprint density at radius 1 is 1.06 bits per heavy atom. The number of furan rings is 1. The summed E-state index contributed by atoms with van der Waals surface area (Å²) in [6.07, 6.45) is 6.82. The molecule has 1 fully saturated rings. The van der Waals surface area contributed by atoms with E-state index in [4.69, 9.17) is 9.15 Å². The van der Waals surface area contributed by atoms with E-state index >= 15 is 0 Å². The topological polar surface area (TPSA) is 54.7 Å². The monoisotopic (exact) mass is 430 g/mol. The van der Waals surface area contributed by atoms with Gasteiger partial charge in [-0.05, 0) is 69.1 Å². The lowest BCUT2D eigenvalue weighted by Crippen LogP contribution is -2.36. The van der Waals surface area contributed by atoms with Crippen LogP contribution in [-0.2, 0) is 16.1 Å². The average Bonchev–Trinajstić information content (AvgIpc) is 3.29. The Morgan fingerprint density at radius 2 is 1.84 bits per heavy atom. The van der Waals surface area contributed by atoms with Gasteiger partial charge in [-0.2, -0.15) is 0 Å². The van der Waals surface area contributed by atoms with Gasteiger partial charge in [0.15, 0.2) is 0 Å². The summed E-state index contributed by atoms with van der Waals surface area (Å²) in [6, 6.07) is 19.9. The van der Waals surface area contributed by atoms with E-state index in [0.717, 1.165) is 43.0 Å². The van der Waals surface area contributed by atoms with Gasteiger partial charge in [-0.3, -0.25) is 9.69 Å². The van der Waals surface area contributed by atoms with E-state index in [-0.39, 0.29) is 12.1 Å². The van der Waals surface area contributed by atoms with Crippen molar-refractivity contribution in [2.75, 3.05) is 19.0 Å². The van der Waals surface area contributed by atoms with Crippen LogP contribution >= 0.6 is 0 Å². The minimum Gasteiger partial charge on any atom is -0.457 e. The Labute approximate surface area is 189 Å². The van der Waals surface area contributed by atoms with Gasteiger partial charge < -0.3 is 14.5 Å². The Bertz CT molecular complexity index is 1050. The summed E-state index contributed by atoms with van der Waals surface area (Å²) in [4.78, 5) is 14.5. The maximum absolute atomic E-state index is 12.3. The number of carbonyl (C=O) groups excluding carboxylic acids is 1. The predicted molar refractivity (Wildman–Crippen MR) is 128 cm³/mol. The number of nitrogens with one attached hydrogen (secondary N) is 1. The number of hydrogen-bond donors (Lipinski definition) is 1. The lowest BCUT2D eigenvalue weighted by molar-refractivity contribution is -0.111. The summed E-state index contributed by atoms with van der Waals surface area (Å²) in [7, 11) is 2.09. The molecule has 1 amide bonds. The fraction of sp³-hybridized carbons (Fsp3) is 0.296. The van der Waals surface area contributed by atoms with Crippen molar-refractivity contribution in [3.05, 3.63) is 83.6 Å². The number of anilines is 1. The summed E-state index contributed by atoms with van der Waals surface area (Å²) in [6.45, 7) is 3.72. The van der Waals surface area contributed by atoms with E-state index in [2.05, 4.69) is 24.2 Å². The van der Waals surface area contributed by atoms with Crippen molar-refractivity contribution in [1.29, 1.82) is 0 Å². The summed E-state index contributed by atoms with van der Waals surface area (Å²) in [5, 5.41) is 2.90. The van der Waals surface area contributed by atoms with Crippen LogP contribution in [0.15, 0.2) is 71.2 Å². The highest BCUT2D eigenvalue weighted by Gasteiger charge is 2.18. The van der Waals surface area contributed by atoms with Gasteiger partial charge in [-0.1, -0.05) is 42.0 Å². The van der Waals surface area contributed by atoms with Crippen molar-refractivity contribution in [2.24, 2.45) is 0 Å². The first kappa shape index (κ1) is 22.1. The Kier molecular flexibility index (Phi) is 7.20. The third-order valence-corrected chi connectivity index (χ3v) is 5.66. The zero-order valence-corrected chi connectivity index (χ0v) is 18.7. The van der Waals surface area contributed by atoms with Crippen LogP contribution in [0.1, 0.15) is 36.1 Å². The molecule has 0 bridgehead atoms. The number of carbonyl (C=O) groups is 1. The molecule has 2 heterocycles. The highest BCUT2D eigenvalue weighted by Crippen LogP contribution is 2.23. The molecule has 1 unspecified atom stereocenters. The first-order valence-corrected chi connectivity index (χ1v) is 11.1. The minimum absolute atomic E-state index is 0.196. The molecule has 2 aromatic carbocycles. The quantitative estimate of drug-likeness (QED) is 0.477. The van der Waals surface area contributed by atoms with Gasteiger partial charge in [0, 0.05) is 30.5 Å². The normalized spacial score (nSPS) is 16.5. The van der Waals surface area contributed by atoms with Gasteiger partial charge in [-0.25, -0.2) is 0 Å². The second kappa shape index (κ2) is 10.4. The number of nitrogens with zero attached hydrogens (tertiary/aromatic N) is 1. The first-order valence-electron chi connectivity index (χ1n) is 11.1. The molecule has 0 spiro atoms. The summed E-state index contributed by atoms with van der Waals surface area (Å²) in [5.74, 6) is 1.22. The molecule has 5 heteroatoms. The van der Waals surface area contributed by atoms with Gasteiger partial charge in [-0.15, -0.1) is 0 Å². The molecule has 1 aromatic heterocycles. The van der Waals surface area contributed by atoms with E-state index in [0.29, 0.717) is 5.76 Å². The summed E-state index contributed by atoms with van der Waals surface area (Å²) in [5.41, 5.74) is 4.17. The van der Waals surface area contributed by atoms with Crippen molar-refractivity contribution in [3.8, 4) is 11.3 Å². The van der Waals surface area contributed by atoms with Crippen LogP contribution in [0.3, 0.4) is 0 Å². The standard InChI is InChI=1S/C27H30N2O3/c1-20-6-10-22(11-7-20)25-16-14-24(32-25)15-17-26(30)28-23-12-8-21(9-13-23)19-29(2)27-5-3-4-18-31-27/h6-17,27H,3-5,18-19H2,1-2H3,(H,28,30). The van der Waals surface area contributed by atoms with E-state index < -0.39 is 0 Å². The number of aryl methyl sites for hydroxylation is 1. The molecular formula is C27H30N2O3. The minimum atomic E-state index is -0.196. The third kappa shape index (κ3) is 5.96. The van der Waals surface area contributed by atoms with E-state index in [1.165, 1.54) is 23.6 Å². The van der Waals surface area contributed by atoms with Crippen LogP contribution < -0.4 is 5.32 Å². The number of ether oxygens (including phenoxy) is 1. The Morgan fingerprint density at radius 3 is 2.56 bits per heavy atom. The van der Waals surface area contributed by atoms with Crippen molar-refractivity contribution in [1.82, 2.24) is 4.90 Å². The molecule has 4 rings (SSSR count). The Hall–Kier alpha value is -3.15. The zero-order chi connectivity index (χ0) is 22.3. The van der Waals surface area contributed by atoms with Gasteiger partial charge in [0.1, 0.15) is 17.7 Å². The molecular weight excluding hydrogens is 400 g/mol. The van der Waals surface area contributed by atoms with Gasteiger partial charge in [0.05, 0.1) is 0 Å². The second-order valence-electron chi connectivity index (χ2n) is 8.32. The average molecular weight is 431 g/mol. The molecule has 1 atom stereocenters. The molecule has 0 aliphatic carbocycles. The van der Waals surface area contributed by atoms with Crippen LogP contribution in [0.4, 0.5) is 5.69 Å². The van der Waals surface area contributed by atoms with E-state index in [1.807, 2.05) is 60.7 Å². The van der Waals surface area contributed by atoms with E-state index in [1.54, 1.807) is 6.08 Å². The van der Waals surface area contributed by atoms with Crippen molar-refractivity contribution < 1.29 is 13.9 Å². The third-order valence-electron chi connectivity index (χ3n) is 5.66. The lowest BCUT2D eigenvalue weighted by Gasteiger charge is -2.31. The van der Waals surface area contributed by atoms with Crippen LogP contribution in [0, 0.1) is 6.92 Å². The fourth-order valence-electron chi connectivity index (χ4n) is 3.81. The van der Waals surface area contributed by atoms with Crippen molar-refractivity contribution in [2.45, 2.75) is 39.0 Å². The summed E-state index contributed by atoms with van der Waals surface area (Å²) < 4.78 is 11.7. The van der Waals surface area contributed by atoms with Gasteiger partial charge in [0.2, 0.25) is 5.91 Å². The Balaban J connectivity index is 1.29. The summed E-state index contributed by atoms with van der Waals surface area (Å²) >= 11 is 0. The molecule has 0 radical (unpaired) electrons. The van der Waals surface area contributed by atoms with Crippen LogP contribution in [0.25, 0.3) is 17.4 Å². The largest absolute Gasteiger partial charge is 0.457 e. The fourth-order valence-corrected chi connectivity index (χ4v) is 3.81. The molecule has 1 saturated heterocycles. The van der Waals surface area contributed by atoms with Crippen LogP contribution in [0.2, 0.25) is 0 Å². The van der Waals surface area contributed by atoms with E-state index in [9.17, 15) is 4.79 Å². The molecule has 1 aliphatic rings. The van der Waals surface area contributed by atoms with Gasteiger partial charge in [0.25, 0.3) is 0 Å². The van der Waals surface area contributed by atoms with Crippen LogP contribution in [0.5, 0.6) is 0 Å². The van der Waals surface area contributed by atoms with Gasteiger partial charge >= 0.3 is 0 Å². The maximum Gasteiger partial charge on any atom is 0.248 e. The van der Waals surface area contributed by atoms with Crippen molar-refractivity contribution >= 4 is 17.7 Å². The molecule has 32 heavy (non-hydrogen) atoms. The van der Waals surface area contributed by atoms with Crippen molar-refractivity contribution in [3.63, 3.8) is 0 Å².